The van der Waals surface area contributed by atoms with Crippen LogP contribution < -0.4 is 15.4 Å². The zero-order valence-electron chi connectivity index (χ0n) is 17.2. The molecule has 4 atom stereocenters. The maximum absolute atomic E-state index is 13.8. The van der Waals surface area contributed by atoms with Crippen molar-refractivity contribution < 1.29 is 23.8 Å². The van der Waals surface area contributed by atoms with Crippen LogP contribution >= 0.6 is 0 Å². The van der Waals surface area contributed by atoms with Gasteiger partial charge in [0.25, 0.3) is 11.8 Å². The van der Waals surface area contributed by atoms with Gasteiger partial charge in [-0.05, 0) is 31.1 Å². The van der Waals surface area contributed by atoms with Gasteiger partial charge in [-0.2, -0.15) is 0 Å². The lowest BCUT2D eigenvalue weighted by atomic mass is 9.86. The lowest BCUT2D eigenvalue weighted by molar-refractivity contribution is 0.0947. The Kier molecular flexibility index (Phi) is 6.72. The number of allylic oxidation sites excluding steroid dienone is 4. The molecule has 0 radical (unpaired) electrons. The van der Waals surface area contributed by atoms with Crippen LogP contribution in [0.4, 0.5) is 4.39 Å². The number of aliphatic hydroxyl groups excluding tert-OH is 1. The molecule has 1 saturated carbocycles. The summed E-state index contributed by atoms with van der Waals surface area (Å²) in [5.41, 5.74) is 1.65. The third kappa shape index (κ3) is 4.31. The average Bonchev–Trinajstić information content (AvgIpc) is 3.39. The van der Waals surface area contributed by atoms with Crippen LogP contribution in [0.2, 0.25) is 0 Å². The fourth-order valence-electron chi connectivity index (χ4n) is 3.70. The normalized spacial score (nSPS) is 24.5. The topological polar surface area (TPSA) is 87.7 Å². The van der Waals surface area contributed by atoms with Crippen LogP contribution in [0.1, 0.15) is 45.5 Å². The highest BCUT2D eigenvalue weighted by atomic mass is 19.1. The number of rotatable bonds is 8. The first-order valence-corrected chi connectivity index (χ1v) is 9.97. The van der Waals surface area contributed by atoms with Crippen LogP contribution in [0.15, 0.2) is 48.6 Å². The van der Waals surface area contributed by atoms with Crippen LogP contribution in [0.25, 0.3) is 0 Å². The molecule has 0 saturated heterocycles. The van der Waals surface area contributed by atoms with Crippen LogP contribution in [0, 0.1) is 5.92 Å². The van der Waals surface area contributed by atoms with Gasteiger partial charge in [0.05, 0.1) is 11.5 Å². The predicted octanol–water partition coefficient (Wildman–Crippen LogP) is 2.66. The molecule has 1 heterocycles. The zero-order chi connectivity index (χ0) is 21.8. The molecule has 1 aliphatic carbocycles. The van der Waals surface area contributed by atoms with E-state index in [1.165, 1.54) is 13.1 Å². The molecule has 2 aliphatic rings. The number of hydrogen-bond acceptors (Lipinski definition) is 4. The Labute approximate surface area is 175 Å². The third-order valence-corrected chi connectivity index (χ3v) is 5.47. The van der Waals surface area contributed by atoms with E-state index in [1.54, 1.807) is 18.2 Å². The minimum Gasteiger partial charge on any atom is -0.486 e. The van der Waals surface area contributed by atoms with Crippen molar-refractivity contribution in [2.45, 2.75) is 31.4 Å². The Bertz CT molecular complexity index is 909. The quantitative estimate of drug-likeness (QED) is 0.571. The molecule has 1 aromatic carbocycles. The van der Waals surface area contributed by atoms with Crippen LogP contribution in [-0.4, -0.2) is 49.4 Å². The second-order valence-electron chi connectivity index (χ2n) is 7.53. The highest BCUT2D eigenvalue weighted by molar-refractivity contribution is 6.02. The fraction of sp³-hybridized carbons (Fsp3) is 0.391. The Balaban J connectivity index is 2.00. The molecule has 160 valence electrons. The molecule has 1 aromatic rings. The Morgan fingerprint density at radius 2 is 2.10 bits per heavy atom. The van der Waals surface area contributed by atoms with Gasteiger partial charge >= 0.3 is 0 Å². The van der Waals surface area contributed by atoms with E-state index in [1.807, 2.05) is 19.1 Å². The Hall–Kier alpha value is -2.93. The average molecular weight is 414 g/mol. The molecule has 0 unspecified atom stereocenters. The lowest BCUT2D eigenvalue weighted by Gasteiger charge is -2.16. The molecule has 7 heteroatoms. The monoisotopic (exact) mass is 414 g/mol. The number of aliphatic hydroxyl groups is 1. The predicted molar refractivity (Wildman–Crippen MR) is 113 cm³/mol. The summed E-state index contributed by atoms with van der Waals surface area (Å²) in [4.78, 5) is 25.2. The van der Waals surface area contributed by atoms with Gasteiger partial charge in [0.1, 0.15) is 18.5 Å². The third-order valence-electron chi connectivity index (χ3n) is 5.47. The van der Waals surface area contributed by atoms with E-state index < -0.39 is 24.6 Å². The molecule has 1 fully saturated rings. The smallest absolute Gasteiger partial charge is 0.254 e. The summed E-state index contributed by atoms with van der Waals surface area (Å²) in [5.74, 6) is -0.951. The number of carbonyl (C=O) groups is 2. The highest BCUT2D eigenvalue weighted by Crippen LogP contribution is 2.45. The highest BCUT2D eigenvalue weighted by Gasteiger charge is 2.40. The van der Waals surface area contributed by atoms with Crippen molar-refractivity contribution in [3.63, 3.8) is 0 Å². The van der Waals surface area contributed by atoms with Gasteiger partial charge in [-0.25, -0.2) is 4.39 Å². The largest absolute Gasteiger partial charge is 0.486 e. The van der Waals surface area contributed by atoms with Crippen LogP contribution in [-0.2, 0) is 0 Å². The van der Waals surface area contributed by atoms with Crippen molar-refractivity contribution >= 4 is 11.8 Å². The van der Waals surface area contributed by atoms with Crippen molar-refractivity contribution in [3.05, 3.63) is 65.3 Å². The van der Waals surface area contributed by atoms with Gasteiger partial charge in [0, 0.05) is 36.7 Å². The van der Waals surface area contributed by atoms with Gasteiger partial charge in [-0.1, -0.05) is 30.9 Å². The van der Waals surface area contributed by atoms with E-state index in [2.05, 4.69) is 17.2 Å². The molecule has 2 amide bonds. The number of halogens is 1. The number of carbonyl (C=O) groups excluding carboxylic acids is 2. The molecular weight excluding hydrogens is 387 g/mol. The molecular formula is C23H27FN2O4. The van der Waals surface area contributed by atoms with Crippen molar-refractivity contribution in [2.75, 3.05) is 20.3 Å². The first kappa shape index (κ1) is 21.8. The summed E-state index contributed by atoms with van der Waals surface area (Å²) in [6.45, 7) is 5.20. The van der Waals surface area contributed by atoms with Crippen molar-refractivity contribution in [1.82, 2.24) is 10.6 Å². The van der Waals surface area contributed by atoms with Crippen LogP contribution in [0.5, 0.6) is 5.75 Å². The minimum absolute atomic E-state index is 0.0189. The molecule has 3 N–H and O–H groups in total. The molecule has 0 aromatic heterocycles. The number of nitrogens with one attached hydrogen (secondary N) is 2. The number of hydrogen-bond donors (Lipinski definition) is 3. The van der Waals surface area contributed by atoms with E-state index in [0.717, 1.165) is 6.42 Å². The summed E-state index contributed by atoms with van der Waals surface area (Å²) in [7, 11) is 1.48. The SMILES string of the molecule is C=C(/C=C\C=C/C)[C@@H]1c2cc(C(=O)N[C@@H]3C[C@H]3CO)cc(C(=O)NC)c2O[C@H]1CF. The van der Waals surface area contributed by atoms with Gasteiger partial charge in [0.2, 0.25) is 0 Å². The summed E-state index contributed by atoms with van der Waals surface area (Å²) in [6.07, 6.45) is 7.16. The summed E-state index contributed by atoms with van der Waals surface area (Å²) in [5, 5.41) is 14.6. The maximum Gasteiger partial charge on any atom is 0.254 e. The number of amides is 2. The van der Waals surface area contributed by atoms with Crippen molar-refractivity contribution in [2.24, 2.45) is 5.92 Å². The maximum atomic E-state index is 13.8. The Morgan fingerprint density at radius 3 is 2.70 bits per heavy atom. The Morgan fingerprint density at radius 1 is 1.33 bits per heavy atom. The lowest BCUT2D eigenvalue weighted by Crippen LogP contribution is -2.28. The van der Waals surface area contributed by atoms with Gasteiger partial charge in [-0.3, -0.25) is 9.59 Å². The zero-order valence-corrected chi connectivity index (χ0v) is 17.2. The van der Waals surface area contributed by atoms with Crippen LogP contribution in [0.3, 0.4) is 0 Å². The summed E-state index contributed by atoms with van der Waals surface area (Å²) >= 11 is 0. The molecule has 1 aliphatic heterocycles. The second-order valence-corrected chi connectivity index (χ2v) is 7.53. The first-order valence-electron chi connectivity index (χ1n) is 9.97. The van der Waals surface area contributed by atoms with Crippen molar-refractivity contribution in [3.8, 4) is 5.75 Å². The van der Waals surface area contributed by atoms with Gasteiger partial charge in [0.15, 0.2) is 0 Å². The molecule has 30 heavy (non-hydrogen) atoms. The molecule has 0 spiro atoms. The van der Waals surface area contributed by atoms with E-state index in [4.69, 9.17) is 4.74 Å². The van der Waals surface area contributed by atoms with Gasteiger partial charge < -0.3 is 20.5 Å². The fourth-order valence-corrected chi connectivity index (χ4v) is 3.70. The standard InChI is InChI=1S/C23H27FN2O4/c1-4-5-6-7-13(2)20-16-8-14(22(28)26-18-10-15(18)12-27)9-17(23(29)25-3)21(16)30-19(20)11-24/h4-9,15,18-20,27H,2,10-12H2,1,3H3,(H,25,29)(H,26,28)/b5-4-,7-6-/t15-,18+,19-,20+/m0/s1. The van der Waals surface area contributed by atoms with E-state index in [9.17, 15) is 19.1 Å². The number of fused-ring (bicyclic) bond motifs is 1. The number of alkyl halides is 1. The molecule has 3 rings (SSSR count). The summed E-state index contributed by atoms with van der Waals surface area (Å²) in [6, 6.07) is 3.02. The van der Waals surface area contributed by atoms with E-state index >= 15 is 0 Å². The van der Waals surface area contributed by atoms with E-state index in [-0.39, 0.29) is 41.4 Å². The van der Waals surface area contributed by atoms with E-state index in [0.29, 0.717) is 11.1 Å². The molecule has 6 nitrogen and oxygen atoms in total. The number of ether oxygens (including phenoxy) is 1. The first-order chi connectivity index (χ1) is 14.4. The van der Waals surface area contributed by atoms with Crippen molar-refractivity contribution in [1.29, 1.82) is 0 Å². The number of benzene rings is 1. The summed E-state index contributed by atoms with van der Waals surface area (Å²) < 4.78 is 19.6. The minimum atomic E-state index is -0.827. The van der Waals surface area contributed by atoms with Gasteiger partial charge in [-0.15, -0.1) is 0 Å². The molecule has 0 bridgehead atoms. The second kappa shape index (κ2) is 9.26.